The van der Waals surface area contributed by atoms with Crippen LogP contribution in [-0.2, 0) is 13.0 Å². The molecule has 4 aromatic rings. The Morgan fingerprint density at radius 3 is 2.71 bits per heavy atom. The molecule has 140 valence electrons. The van der Waals surface area contributed by atoms with Crippen molar-refractivity contribution in [1.82, 2.24) is 9.97 Å². The predicted octanol–water partition coefficient (Wildman–Crippen LogP) is 5.04. The number of nitrogens with one attached hydrogen (secondary N) is 1. The maximum atomic E-state index is 5.98. The number of nitrogens with zero attached hydrogens (tertiary/aromatic N) is 2. The van der Waals surface area contributed by atoms with E-state index in [-0.39, 0.29) is 0 Å². The number of anilines is 2. The number of fused-ring (bicyclic) bond motifs is 1. The van der Waals surface area contributed by atoms with Gasteiger partial charge in [0.25, 0.3) is 0 Å². The molecule has 28 heavy (non-hydrogen) atoms. The Morgan fingerprint density at radius 1 is 1.04 bits per heavy atom. The molecule has 0 unspecified atom stereocenters. The fourth-order valence-corrected chi connectivity index (χ4v) is 3.45. The molecule has 5 rings (SSSR count). The van der Waals surface area contributed by atoms with Crippen molar-refractivity contribution in [3.63, 3.8) is 0 Å². The lowest BCUT2D eigenvalue weighted by Crippen LogP contribution is -2.04. The van der Waals surface area contributed by atoms with Gasteiger partial charge in [0, 0.05) is 16.6 Å². The summed E-state index contributed by atoms with van der Waals surface area (Å²) in [4.78, 5) is 9.49. The van der Waals surface area contributed by atoms with Gasteiger partial charge >= 0.3 is 0 Å². The van der Waals surface area contributed by atoms with Crippen LogP contribution < -0.4 is 11.1 Å². The monoisotopic (exact) mass is 370 g/mol. The maximum Gasteiger partial charge on any atom is 0.162 e. The minimum Gasteiger partial charge on any atom is -0.467 e. The first kappa shape index (κ1) is 16.8. The summed E-state index contributed by atoms with van der Waals surface area (Å²) in [5, 5.41) is 4.37. The van der Waals surface area contributed by atoms with Gasteiger partial charge in [0.15, 0.2) is 5.82 Å². The molecule has 0 spiro atoms. The van der Waals surface area contributed by atoms with E-state index in [9.17, 15) is 0 Å². The third-order valence-corrected chi connectivity index (χ3v) is 5.11. The van der Waals surface area contributed by atoms with Crippen LogP contribution in [0.25, 0.3) is 22.3 Å². The molecular formula is C23H22N4O. The normalized spacial score (nSPS) is 13.7. The molecule has 0 radical (unpaired) electrons. The zero-order chi connectivity index (χ0) is 18.9. The standard InChI is InChI=1S/C23H22N4O/c24-18-8-9-20-21(12-18)26-22(17-4-2-1-3-5-17)27-23(20)25-13-19-11-16(14-28-19)10-15-6-7-15/h1-5,8-9,11-12,14-15H,6-7,10,13,24H2,(H,25,26,27). The third kappa shape index (κ3) is 3.56. The fraction of sp³-hybridized carbons (Fsp3) is 0.217. The van der Waals surface area contributed by atoms with Gasteiger partial charge in [-0.3, -0.25) is 0 Å². The Balaban J connectivity index is 1.45. The van der Waals surface area contributed by atoms with E-state index in [1.807, 2.05) is 54.8 Å². The highest BCUT2D eigenvalue weighted by Crippen LogP contribution is 2.33. The number of benzene rings is 2. The summed E-state index contributed by atoms with van der Waals surface area (Å²) < 4.78 is 5.74. The van der Waals surface area contributed by atoms with Crippen LogP contribution in [0.1, 0.15) is 24.2 Å². The summed E-state index contributed by atoms with van der Waals surface area (Å²) in [5.74, 6) is 3.22. The lowest BCUT2D eigenvalue weighted by molar-refractivity contribution is 0.515. The van der Waals surface area contributed by atoms with Crippen molar-refractivity contribution < 1.29 is 4.42 Å². The van der Waals surface area contributed by atoms with Crippen LogP contribution in [-0.4, -0.2) is 9.97 Å². The van der Waals surface area contributed by atoms with E-state index in [4.69, 9.17) is 20.1 Å². The molecule has 1 aliphatic carbocycles. The number of rotatable bonds is 6. The lowest BCUT2D eigenvalue weighted by Gasteiger charge is -2.11. The second kappa shape index (κ2) is 7.00. The van der Waals surface area contributed by atoms with E-state index in [0.717, 1.165) is 40.4 Å². The van der Waals surface area contributed by atoms with Gasteiger partial charge in [-0.05, 0) is 55.0 Å². The van der Waals surface area contributed by atoms with Gasteiger partial charge in [-0.2, -0.15) is 0 Å². The molecule has 1 aliphatic rings. The summed E-state index contributed by atoms with van der Waals surface area (Å²) in [6, 6.07) is 17.8. The Hall–Kier alpha value is -3.34. The molecule has 1 fully saturated rings. The van der Waals surface area contributed by atoms with Gasteiger partial charge in [-0.15, -0.1) is 0 Å². The van der Waals surface area contributed by atoms with Crippen molar-refractivity contribution in [1.29, 1.82) is 0 Å². The SMILES string of the molecule is Nc1ccc2c(NCc3cc(CC4CC4)co3)nc(-c3ccccc3)nc2c1. The van der Waals surface area contributed by atoms with Crippen LogP contribution in [0.2, 0.25) is 0 Å². The molecule has 3 N–H and O–H groups in total. The van der Waals surface area contributed by atoms with Crippen LogP contribution >= 0.6 is 0 Å². The summed E-state index contributed by atoms with van der Waals surface area (Å²) in [6.45, 7) is 0.579. The first-order valence-electron chi connectivity index (χ1n) is 9.67. The first-order chi connectivity index (χ1) is 13.7. The number of nitrogen functional groups attached to an aromatic ring is 1. The average Bonchev–Trinajstić information content (AvgIpc) is 3.42. The molecular weight excluding hydrogens is 348 g/mol. The quantitative estimate of drug-likeness (QED) is 0.465. The minimum atomic E-state index is 0.579. The summed E-state index contributed by atoms with van der Waals surface area (Å²) in [6.07, 6.45) is 5.69. The molecule has 0 atom stereocenters. The van der Waals surface area contributed by atoms with E-state index >= 15 is 0 Å². The molecule has 0 aliphatic heterocycles. The molecule has 2 heterocycles. The fourth-order valence-electron chi connectivity index (χ4n) is 3.45. The van der Waals surface area contributed by atoms with Crippen LogP contribution in [0, 0.1) is 5.92 Å². The van der Waals surface area contributed by atoms with Crippen molar-refractivity contribution >= 4 is 22.4 Å². The first-order valence-corrected chi connectivity index (χ1v) is 9.67. The number of hydrogen-bond acceptors (Lipinski definition) is 5. The Kier molecular flexibility index (Phi) is 4.20. The Morgan fingerprint density at radius 2 is 1.89 bits per heavy atom. The van der Waals surface area contributed by atoms with Crippen LogP contribution in [0.5, 0.6) is 0 Å². The van der Waals surface area contributed by atoms with E-state index < -0.39 is 0 Å². The Bertz CT molecular complexity index is 1120. The van der Waals surface area contributed by atoms with Crippen molar-refractivity contribution in [3.8, 4) is 11.4 Å². The summed E-state index contributed by atoms with van der Waals surface area (Å²) >= 11 is 0. The van der Waals surface area contributed by atoms with Crippen molar-refractivity contribution in [2.45, 2.75) is 25.8 Å². The van der Waals surface area contributed by atoms with Gasteiger partial charge in [0.1, 0.15) is 11.6 Å². The zero-order valence-electron chi connectivity index (χ0n) is 15.6. The van der Waals surface area contributed by atoms with E-state index in [2.05, 4.69) is 11.4 Å². The van der Waals surface area contributed by atoms with Crippen molar-refractivity contribution in [2.24, 2.45) is 5.92 Å². The van der Waals surface area contributed by atoms with E-state index in [1.165, 1.54) is 18.4 Å². The highest BCUT2D eigenvalue weighted by Gasteiger charge is 2.22. The topological polar surface area (TPSA) is 77.0 Å². The molecule has 5 heteroatoms. The molecule has 0 bridgehead atoms. The smallest absolute Gasteiger partial charge is 0.162 e. The van der Waals surface area contributed by atoms with Crippen LogP contribution in [0.3, 0.4) is 0 Å². The summed E-state index contributed by atoms with van der Waals surface area (Å²) in [5.41, 5.74) is 9.74. The average molecular weight is 370 g/mol. The van der Waals surface area contributed by atoms with Gasteiger partial charge in [-0.25, -0.2) is 9.97 Å². The molecule has 0 saturated heterocycles. The largest absolute Gasteiger partial charge is 0.467 e. The van der Waals surface area contributed by atoms with Gasteiger partial charge in [-0.1, -0.05) is 30.3 Å². The molecule has 2 aromatic carbocycles. The maximum absolute atomic E-state index is 5.98. The highest BCUT2D eigenvalue weighted by atomic mass is 16.3. The number of hydrogen-bond donors (Lipinski definition) is 2. The molecule has 0 amide bonds. The Labute approximate surface area is 163 Å². The van der Waals surface area contributed by atoms with Gasteiger partial charge < -0.3 is 15.5 Å². The third-order valence-electron chi connectivity index (χ3n) is 5.11. The van der Waals surface area contributed by atoms with Crippen molar-refractivity contribution in [2.75, 3.05) is 11.1 Å². The number of aromatic nitrogens is 2. The van der Waals surface area contributed by atoms with Crippen molar-refractivity contribution in [3.05, 3.63) is 72.2 Å². The number of nitrogens with two attached hydrogens (primary N) is 1. The van der Waals surface area contributed by atoms with E-state index in [1.54, 1.807) is 0 Å². The molecule has 1 saturated carbocycles. The summed E-state index contributed by atoms with van der Waals surface area (Å²) in [7, 11) is 0. The highest BCUT2D eigenvalue weighted by molar-refractivity contribution is 5.92. The van der Waals surface area contributed by atoms with E-state index in [0.29, 0.717) is 18.1 Å². The molecule has 5 nitrogen and oxygen atoms in total. The predicted molar refractivity (Wildman–Crippen MR) is 112 cm³/mol. The second-order valence-electron chi connectivity index (χ2n) is 7.46. The minimum absolute atomic E-state index is 0.579. The number of furan rings is 1. The zero-order valence-corrected chi connectivity index (χ0v) is 15.6. The van der Waals surface area contributed by atoms with Crippen LogP contribution in [0.15, 0.2) is 65.3 Å². The second-order valence-corrected chi connectivity index (χ2v) is 7.46. The van der Waals surface area contributed by atoms with Gasteiger partial charge in [0.05, 0.1) is 18.3 Å². The van der Waals surface area contributed by atoms with Gasteiger partial charge in [0.2, 0.25) is 0 Å². The van der Waals surface area contributed by atoms with Crippen LogP contribution in [0.4, 0.5) is 11.5 Å². The lowest BCUT2D eigenvalue weighted by atomic mass is 10.1. The molecule has 2 aromatic heterocycles.